The van der Waals surface area contributed by atoms with Crippen LogP contribution in [-0.2, 0) is 28.5 Å². The van der Waals surface area contributed by atoms with Gasteiger partial charge < -0.3 is 54.9 Å². The molecule has 19 nitrogen and oxygen atoms in total. The van der Waals surface area contributed by atoms with Crippen LogP contribution in [0.3, 0.4) is 0 Å². The molecule has 0 bridgehead atoms. The van der Waals surface area contributed by atoms with Crippen molar-refractivity contribution in [3.05, 3.63) is 12.7 Å². The highest BCUT2D eigenvalue weighted by Crippen LogP contribution is 2.28. The fraction of sp³-hybridized carbons (Fsp3) is 0.692. The molecule has 0 radical (unpaired) electrons. The highest BCUT2D eigenvalue weighted by Gasteiger charge is 2.40. The summed E-state index contributed by atoms with van der Waals surface area (Å²) in [5.41, 5.74) is 0.142. The van der Waals surface area contributed by atoms with Gasteiger partial charge in [-0.2, -0.15) is 0 Å². The number of anilines is 1. The molecule has 0 aliphatic carbocycles. The van der Waals surface area contributed by atoms with Gasteiger partial charge in [0.1, 0.15) is 36.8 Å². The molecule has 8 N–H and O–H groups in total. The second-order valence-corrected chi connectivity index (χ2v) is 11.0. The van der Waals surface area contributed by atoms with E-state index in [4.69, 9.17) is 18.9 Å². The Hall–Kier alpha value is -3.56. The molecule has 11 atom stereocenters. The van der Waals surface area contributed by atoms with Gasteiger partial charge in [0.15, 0.2) is 35.5 Å². The van der Waals surface area contributed by atoms with Gasteiger partial charge in [-0.05, 0) is 27.2 Å². The maximum atomic E-state index is 12.8. The first-order valence-electron chi connectivity index (χ1n) is 14.3. The van der Waals surface area contributed by atoms with Crippen LogP contribution in [0.25, 0.3) is 11.2 Å². The minimum Gasteiger partial charge on any atom is -0.480 e. The smallest absolute Gasteiger partial charge is 0.330 e. The number of aromatic nitrogens is 4. The SMILES string of the molecule is CC(CCC(=O)O[C@H](C)[C@H](NC(=O)Nc1ncnc2c1ncn2[C@@H]1OC[C@@H](O)[C@H](O)[C@H]1O)C(=O)O)O[C@@H]1O[C@@H](C)[C@H](O)C[C@@H]1O. The molecule has 4 rings (SSSR count). The minimum atomic E-state index is -1.66. The van der Waals surface area contributed by atoms with E-state index >= 15 is 0 Å². The lowest BCUT2D eigenvalue weighted by molar-refractivity contribution is -0.273. The van der Waals surface area contributed by atoms with Crippen molar-refractivity contribution in [2.45, 2.75) is 107 Å². The Bertz CT molecular complexity index is 1350. The molecule has 0 saturated carbocycles. The number of aliphatic hydroxyl groups excluding tert-OH is 5. The van der Waals surface area contributed by atoms with Gasteiger partial charge >= 0.3 is 18.0 Å². The van der Waals surface area contributed by atoms with Crippen molar-refractivity contribution >= 4 is 35.0 Å². The highest BCUT2D eigenvalue weighted by atomic mass is 16.7. The Balaban J connectivity index is 1.31. The van der Waals surface area contributed by atoms with E-state index in [0.717, 1.165) is 6.33 Å². The molecule has 45 heavy (non-hydrogen) atoms. The lowest BCUT2D eigenvalue weighted by atomic mass is 10.0. The first-order valence-corrected chi connectivity index (χ1v) is 14.3. The number of aliphatic carboxylic acids is 1. The summed E-state index contributed by atoms with van der Waals surface area (Å²) >= 11 is 0. The van der Waals surface area contributed by atoms with Crippen LogP contribution in [0, 0.1) is 0 Å². The highest BCUT2D eigenvalue weighted by molar-refractivity contribution is 5.97. The topological polar surface area (TPSA) is 277 Å². The summed E-state index contributed by atoms with van der Waals surface area (Å²) in [4.78, 5) is 49.3. The fourth-order valence-electron chi connectivity index (χ4n) is 4.85. The third-order valence-electron chi connectivity index (χ3n) is 7.49. The van der Waals surface area contributed by atoms with Crippen molar-refractivity contribution in [3.8, 4) is 0 Å². The third-order valence-corrected chi connectivity index (χ3v) is 7.49. The predicted molar refractivity (Wildman–Crippen MR) is 148 cm³/mol. The van der Waals surface area contributed by atoms with Gasteiger partial charge in [-0.25, -0.2) is 24.5 Å². The van der Waals surface area contributed by atoms with Crippen molar-refractivity contribution < 1.29 is 64.0 Å². The summed E-state index contributed by atoms with van der Waals surface area (Å²) in [6.07, 6.45) is -8.32. The first-order chi connectivity index (χ1) is 21.3. The molecule has 2 saturated heterocycles. The normalized spacial score (nSPS) is 30.7. The molecule has 0 spiro atoms. The summed E-state index contributed by atoms with van der Waals surface area (Å²) in [6.45, 7) is 4.32. The number of aliphatic hydroxyl groups is 5. The summed E-state index contributed by atoms with van der Waals surface area (Å²) in [6, 6.07) is -2.67. The van der Waals surface area contributed by atoms with Crippen LogP contribution in [0.15, 0.2) is 12.7 Å². The zero-order chi connectivity index (χ0) is 33.0. The zero-order valence-electron chi connectivity index (χ0n) is 24.7. The number of ether oxygens (including phenoxy) is 4. The lowest BCUT2D eigenvalue weighted by Gasteiger charge is -2.36. The number of urea groups is 1. The Morgan fingerprint density at radius 2 is 1.80 bits per heavy atom. The van der Waals surface area contributed by atoms with E-state index < -0.39 is 85.4 Å². The van der Waals surface area contributed by atoms with Crippen LogP contribution < -0.4 is 10.6 Å². The number of hydrogen-bond acceptors (Lipinski definition) is 15. The number of hydrogen-bond donors (Lipinski definition) is 8. The maximum absolute atomic E-state index is 12.8. The van der Waals surface area contributed by atoms with Crippen molar-refractivity contribution in [2.24, 2.45) is 0 Å². The Morgan fingerprint density at radius 3 is 2.51 bits per heavy atom. The summed E-state index contributed by atoms with van der Waals surface area (Å²) in [5, 5.41) is 64.2. The van der Waals surface area contributed by atoms with Crippen molar-refractivity contribution in [3.63, 3.8) is 0 Å². The van der Waals surface area contributed by atoms with Gasteiger partial charge in [0.2, 0.25) is 0 Å². The number of imidazole rings is 1. The van der Waals surface area contributed by atoms with E-state index in [9.17, 15) is 45.0 Å². The molecular formula is C26H38N6O13. The second-order valence-electron chi connectivity index (χ2n) is 11.0. The van der Waals surface area contributed by atoms with Crippen LogP contribution in [0.5, 0.6) is 0 Å². The largest absolute Gasteiger partial charge is 0.480 e. The Morgan fingerprint density at radius 1 is 1.07 bits per heavy atom. The molecule has 2 fully saturated rings. The zero-order valence-corrected chi connectivity index (χ0v) is 24.7. The standard InChI is InChI=1S/C26H38N6O13/c1-10(43-25-14(34)6-13(33)11(2)45-25)4-5-16(36)44-12(3)17(24(39)40)30-26(41)31-21-18-22(28-8-27-21)32(9-29-18)23-20(38)19(37)15(35)7-42-23/h8-15,17,19-20,23,25,33-35,37-38H,4-7H2,1-3H3,(H,39,40)(H2,27,28,30,31,41)/t10?,11-,12+,13+,14-,15+,17-,19-,20+,23+,25+/m0/s1. The number of amides is 2. The number of nitrogens with one attached hydrogen (secondary N) is 2. The number of carboxylic acid groups (broad SMARTS) is 1. The number of carboxylic acids is 1. The van der Waals surface area contributed by atoms with E-state index in [2.05, 4.69) is 25.6 Å². The minimum absolute atomic E-state index is 0.0449. The Kier molecular flexibility index (Phi) is 11.2. The van der Waals surface area contributed by atoms with E-state index in [-0.39, 0.29) is 42.9 Å². The molecule has 4 heterocycles. The van der Waals surface area contributed by atoms with Crippen molar-refractivity contribution in [1.29, 1.82) is 0 Å². The average molecular weight is 643 g/mol. The molecule has 2 amide bonds. The number of carbonyl (C=O) groups excluding carboxylic acids is 2. The van der Waals surface area contributed by atoms with E-state index in [0.29, 0.717) is 0 Å². The molecule has 2 aromatic heterocycles. The van der Waals surface area contributed by atoms with Crippen LogP contribution in [0.2, 0.25) is 0 Å². The van der Waals surface area contributed by atoms with Gasteiger partial charge in [-0.3, -0.25) is 14.7 Å². The van der Waals surface area contributed by atoms with Gasteiger partial charge in [-0.15, -0.1) is 0 Å². The molecule has 0 aromatic carbocycles. The van der Waals surface area contributed by atoms with E-state index in [1.165, 1.54) is 17.8 Å². The lowest BCUT2D eigenvalue weighted by Crippen LogP contribution is -2.50. The Labute approximate surface area is 256 Å². The molecule has 2 aromatic rings. The van der Waals surface area contributed by atoms with Crippen LogP contribution in [-0.4, -0.2) is 136 Å². The quantitative estimate of drug-likeness (QED) is 0.123. The van der Waals surface area contributed by atoms with Gasteiger partial charge in [-0.1, -0.05) is 0 Å². The molecule has 250 valence electrons. The average Bonchev–Trinajstić information content (AvgIpc) is 3.41. The first kappa shape index (κ1) is 34.3. The van der Waals surface area contributed by atoms with Crippen molar-refractivity contribution in [2.75, 3.05) is 11.9 Å². The maximum Gasteiger partial charge on any atom is 0.330 e. The van der Waals surface area contributed by atoms with Gasteiger partial charge in [0.25, 0.3) is 0 Å². The monoisotopic (exact) mass is 642 g/mol. The third kappa shape index (κ3) is 8.19. The fourth-order valence-corrected chi connectivity index (χ4v) is 4.85. The molecule has 1 unspecified atom stereocenters. The number of fused-ring (bicyclic) bond motifs is 1. The van der Waals surface area contributed by atoms with Crippen LogP contribution in [0.4, 0.5) is 10.6 Å². The van der Waals surface area contributed by atoms with Gasteiger partial charge in [0.05, 0.1) is 31.2 Å². The van der Waals surface area contributed by atoms with Crippen LogP contribution >= 0.6 is 0 Å². The number of rotatable bonds is 11. The van der Waals surface area contributed by atoms with E-state index in [1.807, 2.05) is 0 Å². The summed E-state index contributed by atoms with van der Waals surface area (Å²) < 4.78 is 23.0. The summed E-state index contributed by atoms with van der Waals surface area (Å²) in [5.74, 6) is -2.36. The number of esters is 1. The summed E-state index contributed by atoms with van der Waals surface area (Å²) in [7, 11) is 0. The van der Waals surface area contributed by atoms with E-state index in [1.54, 1.807) is 13.8 Å². The second kappa shape index (κ2) is 14.7. The van der Waals surface area contributed by atoms with Crippen molar-refractivity contribution in [1.82, 2.24) is 24.8 Å². The molecule has 2 aliphatic heterocycles. The molecular weight excluding hydrogens is 604 g/mol. The number of nitrogens with zero attached hydrogens (tertiary/aromatic N) is 4. The predicted octanol–water partition coefficient (Wildman–Crippen LogP) is -2.01. The van der Waals surface area contributed by atoms with Gasteiger partial charge in [0, 0.05) is 12.8 Å². The molecule has 19 heteroatoms. The molecule has 2 aliphatic rings. The number of carbonyl (C=O) groups is 3. The van der Waals surface area contributed by atoms with Crippen LogP contribution in [0.1, 0.15) is 46.3 Å².